The molecular weight excluding hydrogens is 312 g/mol. The van der Waals surface area contributed by atoms with Gasteiger partial charge in [0.25, 0.3) is 0 Å². The van der Waals surface area contributed by atoms with Crippen LogP contribution in [0.2, 0.25) is 0 Å². The lowest BCUT2D eigenvalue weighted by Crippen LogP contribution is -2.22. The van der Waals surface area contributed by atoms with Crippen LogP contribution >= 0.6 is 15.9 Å². The Morgan fingerprint density at radius 2 is 2.11 bits per heavy atom. The molecule has 1 fully saturated rings. The number of ether oxygens (including phenoxy) is 3. The number of Topliss-reactive ketones (excluding diaryl/α,β-unsaturated/α-hetero) is 1. The molecule has 1 heterocycles. The maximum atomic E-state index is 12.6. The predicted octanol–water partition coefficient (Wildman–Crippen LogP) is 3.07. The van der Waals surface area contributed by atoms with Gasteiger partial charge in [-0.05, 0) is 35.3 Å². The molecule has 5 heteroatoms. The molecule has 1 saturated heterocycles. The second kappa shape index (κ2) is 5.92. The number of ketones is 1. The van der Waals surface area contributed by atoms with Crippen molar-refractivity contribution in [3.05, 3.63) is 22.2 Å². The number of carbonyl (C=O) groups excluding carboxylic acids is 1. The molecular formula is C14H17BrO4. The zero-order valence-corrected chi connectivity index (χ0v) is 12.8. The van der Waals surface area contributed by atoms with Crippen LogP contribution in [0.5, 0.6) is 11.5 Å². The van der Waals surface area contributed by atoms with Gasteiger partial charge in [0.1, 0.15) is 11.5 Å². The van der Waals surface area contributed by atoms with Gasteiger partial charge in [0.05, 0.1) is 31.8 Å². The number of rotatable bonds is 4. The summed E-state index contributed by atoms with van der Waals surface area (Å²) in [7, 11) is 3.13. The van der Waals surface area contributed by atoms with E-state index in [4.69, 9.17) is 14.2 Å². The van der Waals surface area contributed by atoms with Crippen LogP contribution in [0.3, 0.4) is 0 Å². The van der Waals surface area contributed by atoms with Gasteiger partial charge in [0.15, 0.2) is 5.78 Å². The molecule has 0 saturated carbocycles. The van der Waals surface area contributed by atoms with Crippen LogP contribution in [0.4, 0.5) is 0 Å². The molecule has 0 aromatic heterocycles. The van der Waals surface area contributed by atoms with Gasteiger partial charge < -0.3 is 14.2 Å². The summed E-state index contributed by atoms with van der Waals surface area (Å²) < 4.78 is 16.6. The molecule has 0 spiro atoms. The van der Waals surface area contributed by atoms with Crippen molar-refractivity contribution in [1.29, 1.82) is 0 Å². The summed E-state index contributed by atoms with van der Waals surface area (Å²) in [4.78, 5) is 12.6. The molecule has 2 rings (SSSR count). The Morgan fingerprint density at radius 3 is 2.63 bits per heavy atom. The van der Waals surface area contributed by atoms with Crippen molar-refractivity contribution < 1.29 is 19.0 Å². The number of methoxy groups -OCH3 is 2. The second-order valence-corrected chi connectivity index (χ2v) is 5.38. The molecule has 1 aliphatic rings. The van der Waals surface area contributed by atoms with Gasteiger partial charge >= 0.3 is 0 Å². The van der Waals surface area contributed by atoms with E-state index in [9.17, 15) is 4.79 Å². The van der Waals surface area contributed by atoms with Crippen molar-refractivity contribution in [3.63, 3.8) is 0 Å². The van der Waals surface area contributed by atoms with E-state index in [0.717, 1.165) is 6.42 Å². The molecule has 0 N–H and O–H groups in total. The highest BCUT2D eigenvalue weighted by atomic mass is 79.9. The van der Waals surface area contributed by atoms with Gasteiger partial charge in [-0.25, -0.2) is 0 Å². The molecule has 0 radical (unpaired) electrons. The first-order valence-electron chi connectivity index (χ1n) is 6.15. The van der Waals surface area contributed by atoms with E-state index in [-0.39, 0.29) is 17.8 Å². The van der Waals surface area contributed by atoms with E-state index in [1.54, 1.807) is 26.4 Å². The van der Waals surface area contributed by atoms with E-state index >= 15 is 0 Å². The quantitative estimate of drug-likeness (QED) is 0.797. The summed E-state index contributed by atoms with van der Waals surface area (Å²) in [5.74, 6) is 1.11. The lowest BCUT2D eigenvalue weighted by Gasteiger charge is -2.17. The molecule has 1 aromatic carbocycles. The molecule has 1 aromatic rings. The largest absolute Gasteiger partial charge is 0.497 e. The van der Waals surface area contributed by atoms with Crippen LogP contribution < -0.4 is 9.47 Å². The summed E-state index contributed by atoms with van der Waals surface area (Å²) in [6.45, 7) is 2.56. The summed E-state index contributed by atoms with van der Waals surface area (Å²) >= 11 is 3.43. The Hall–Kier alpha value is -1.07. The SMILES string of the molecule is COc1cc(Br)c(C(=O)C2CCOC2C)c(OC)c1. The zero-order chi connectivity index (χ0) is 14.0. The maximum Gasteiger partial charge on any atom is 0.173 e. The summed E-state index contributed by atoms with van der Waals surface area (Å²) in [5, 5.41) is 0. The van der Waals surface area contributed by atoms with Gasteiger partial charge in [-0.2, -0.15) is 0 Å². The van der Waals surface area contributed by atoms with Crippen LogP contribution in [0.1, 0.15) is 23.7 Å². The fourth-order valence-electron chi connectivity index (χ4n) is 2.34. The Morgan fingerprint density at radius 1 is 1.37 bits per heavy atom. The Labute approximate surface area is 121 Å². The van der Waals surface area contributed by atoms with Gasteiger partial charge in [-0.3, -0.25) is 4.79 Å². The Balaban J connectivity index is 2.40. The minimum absolute atomic E-state index is 0.0498. The van der Waals surface area contributed by atoms with Gasteiger partial charge in [-0.1, -0.05) is 0 Å². The first kappa shape index (κ1) is 14.3. The van der Waals surface area contributed by atoms with Crippen LogP contribution in [-0.4, -0.2) is 32.7 Å². The summed E-state index contributed by atoms with van der Waals surface area (Å²) in [5.41, 5.74) is 0.561. The normalized spacial score (nSPS) is 22.3. The average molecular weight is 329 g/mol. The maximum absolute atomic E-state index is 12.6. The van der Waals surface area contributed by atoms with Gasteiger partial charge in [0.2, 0.25) is 0 Å². The summed E-state index contributed by atoms with van der Waals surface area (Å²) in [6, 6.07) is 3.49. The molecule has 104 valence electrons. The lowest BCUT2D eigenvalue weighted by atomic mass is 9.92. The van der Waals surface area contributed by atoms with Crippen molar-refractivity contribution in [2.45, 2.75) is 19.4 Å². The van der Waals surface area contributed by atoms with E-state index < -0.39 is 0 Å². The van der Waals surface area contributed by atoms with Crippen molar-refractivity contribution in [3.8, 4) is 11.5 Å². The Bertz CT molecular complexity index is 487. The third-order valence-electron chi connectivity index (χ3n) is 3.44. The number of benzene rings is 1. The lowest BCUT2D eigenvalue weighted by molar-refractivity contribution is 0.0761. The number of hydrogen-bond donors (Lipinski definition) is 0. The van der Waals surface area contributed by atoms with Crippen molar-refractivity contribution >= 4 is 21.7 Å². The van der Waals surface area contributed by atoms with Crippen molar-refractivity contribution in [1.82, 2.24) is 0 Å². The molecule has 0 bridgehead atoms. The van der Waals surface area contributed by atoms with E-state index in [0.29, 0.717) is 28.1 Å². The predicted molar refractivity (Wildman–Crippen MR) is 75.1 cm³/mol. The highest BCUT2D eigenvalue weighted by molar-refractivity contribution is 9.10. The highest BCUT2D eigenvalue weighted by Gasteiger charge is 2.34. The second-order valence-electron chi connectivity index (χ2n) is 4.52. The fourth-order valence-corrected chi connectivity index (χ4v) is 2.95. The monoisotopic (exact) mass is 328 g/mol. The molecule has 19 heavy (non-hydrogen) atoms. The van der Waals surface area contributed by atoms with E-state index in [2.05, 4.69) is 15.9 Å². The number of hydrogen-bond acceptors (Lipinski definition) is 4. The minimum Gasteiger partial charge on any atom is -0.497 e. The minimum atomic E-state index is -0.112. The zero-order valence-electron chi connectivity index (χ0n) is 11.2. The van der Waals surface area contributed by atoms with Crippen LogP contribution in [-0.2, 0) is 4.74 Å². The van der Waals surface area contributed by atoms with Crippen LogP contribution in [0.15, 0.2) is 16.6 Å². The van der Waals surface area contributed by atoms with Gasteiger partial charge in [0, 0.05) is 17.1 Å². The smallest absolute Gasteiger partial charge is 0.173 e. The fraction of sp³-hybridized carbons (Fsp3) is 0.500. The average Bonchev–Trinajstić information content (AvgIpc) is 2.83. The molecule has 0 aliphatic carbocycles. The summed E-state index contributed by atoms with van der Waals surface area (Å²) in [6.07, 6.45) is 0.702. The first-order valence-corrected chi connectivity index (χ1v) is 6.95. The van der Waals surface area contributed by atoms with Crippen LogP contribution in [0.25, 0.3) is 0 Å². The van der Waals surface area contributed by atoms with Crippen molar-refractivity contribution in [2.24, 2.45) is 5.92 Å². The Kier molecular flexibility index (Phi) is 4.47. The van der Waals surface area contributed by atoms with E-state index in [1.807, 2.05) is 6.92 Å². The molecule has 2 unspecified atom stereocenters. The topological polar surface area (TPSA) is 44.8 Å². The molecule has 4 nitrogen and oxygen atoms in total. The third kappa shape index (κ3) is 2.77. The highest BCUT2D eigenvalue weighted by Crippen LogP contribution is 2.36. The molecule has 0 amide bonds. The molecule has 1 aliphatic heterocycles. The number of carbonyl (C=O) groups is 1. The van der Waals surface area contributed by atoms with Gasteiger partial charge in [-0.15, -0.1) is 0 Å². The molecule has 2 atom stereocenters. The van der Waals surface area contributed by atoms with Crippen LogP contribution in [0, 0.1) is 5.92 Å². The first-order chi connectivity index (χ1) is 9.08. The number of halogens is 1. The van der Waals surface area contributed by atoms with Crippen molar-refractivity contribution in [2.75, 3.05) is 20.8 Å². The standard InChI is InChI=1S/C14H17BrO4/c1-8-10(4-5-19-8)14(16)13-11(15)6-9(17-2)7-12(13)18-3/h6-8,10H,4-5H2,1-3H3. The van der Waals surface area contributed by atoms with E-state index in [1.165, 1.54) is 0 Å². The third-order valence-corrected chi connectivity index (χ3v) is 4.07.